The molecule has 0 radical (unpaired) electrons. The van der Waals surface area contributed by atoms with Gasteiger partial charge in [-0.3, -0.25) is 9.52 Å². The Morgan fingerprint density at radius 1 is 0.875 bits per heavy atom. The number of amides is 1. The molecule has 1 amide bonds. The number of nitrogens with one attached hydrogen (secondary N) is 2. The van der Waals surface area contributed by atoms with Gasteiger partial charge in [0, 0.05) is 23.7 Å². The predicted octanol–water partition coefficient (Wildman–Crippen LogP) is 4.31. The maximum absolute atomic E-state index is 14.6. The van der Waals surface area contributed by atoms with Crippen LogP contribution in [0, 0.1) is 23.3 Å². The van der Waals surface area contributed by atoms with Crippen LogP contribution >= 0.6 is 11.6 Å². The quantitative estimate of drug-likeness (QED) is 0.413. The number of fused-ring (bicyclic) bond motifs is 6. The summed E-state index contributed by atoms with van der Waals surface area (Å²) in [5, 5.41) is 12.0. The van der Waals surface area contributed by atoms with Gasteiger partial charge in [0.05, 0.1) is 10.7 Å². The Balaban J connectivity index is 2.04. The Morgan fingerprint density at radius 3 is 2.28 bits per heavy atom. The molecule has 0 unspecified atom stereocenters. The molecule has 12 heteroatoms. The van der Waals surface area contributed by atoms with Gasteiger partial charge in [-0.05, 0) is 41.5 Å². The van der Waals surface area contributed by atoms with Crippen LogP contribution in [0.15, 0.2) is 41.3 Å². The fourth-order valence-corrected chi connectivity index (χ4v) is 4.68. The van der Waals surface area contributed by atoms with Crippen molar-refractivity contribution in [2.75, 3.05) is 4.72 Å². The summed E-state index contributed by atoms with van der Waals surface area (Å²) >= 11 is 5.85. The molecule has 0 saturated heterocycles. The molecule has 0 atom stereocenters. The lowest BCUT2D eigenvalue weighted by atomic mass is 9.97. The summed E-state index contributed by atoms with van der Waals surface area (Å²) in [4.78, 5) is 11.7. The van der Waals surface area contributed by atoms with E-state index in [1.807, 2.05) is 4.72 Å². The minimum Gasteiger partial charge on any atom is -0.505 e. The zero-order valence-corrected chi connectivity index (χ0v) is 17.2. The van der Waals surface area contributed by atoms with Crippen LogP contribution in [0.25, 0.3) is 11.1 Å². The summed E-state index contributed by atoms with van der Waals surface area (Å²) in [5.41, 5.74) is -1.80. The van der Waals surface area contributed by atoms with Crippen molar-refractivity contribution in [3.63, 3.8) is 0 Å². The molecule has 4 rings (SSSR count). The number of aromatic hydroxyl groups is 1. The van der Waals surface area contributed by atoms with E-state index in [1.165, 1.54) is 0 Å². The van der Waals surface area contributed by atoms with Gasteiger partial charge in [0.15, 0.2) is 17.4 Å². The van der Waals surface area contributed by atoms with E-state index < -0.39 is 72.7 Å². The van der Waals surface area contributed by atoms with E-state index in [0.717, 1.165) is 24.3 Å². The highest BCUT2D eigenvalue weighted by molar-refractivity contribution is 7.92. The van der Waals surface area contributed by atoms with Crippen molar-refractivity contribution in [3.05, 3.63) is 75.8 Å². The van der Waals surface area contributed by atoms with Crippen molar-refractivity contribution in [2.24, 2.45) is 0 Å². The number of sulfonamides is 1. The lowest BCUT2D eigenvalue weighted by Gasteiger charge is -2.14. The zero-order valence-electron chi connectivity index (χ0n) is 15.6. The van der Waals surface area contributed by atoms with E-state index in [4.69, 9.17) is 11.6 Å². The molecule has 3 aromatic carbocycles. The van der Waals surface area contributed by atoms with Crippen LogP contribution in [0.1, 0.15) is 15.9 Å². The number of hydrogen-bond acceptors (Lipinski definition) is 4. The Kier molecular flexibility index (Phi) is 5.25. The Bertz CT molecular complexity index is 1410. The summed E-state index contributed by atoms with van der Waals surface area (Å²) in [5.74, 6) is -6.90. The van der Waals surface area contributed by atoms with Gasteiger partial charge in [-0.1, -0.05) is 11.6 Å². The molecule has 1 aliphatic rings. The molecule has 3 N–H and O–H groups in total. The van der Waals surface area contributed by atoms with Crippen LogP contribution in [-0.4, -0.2) is 19.4 Å². The molecular formula is C20H11ClF4N2O4S. The van der Waals surface area contributed by atoms with Crippen LogP contribution in [-0.2, 0) is 16.6 Å². The molecule has 0 saturated carbocycles. The maximum atomic E-state index is 14.6. The largest absolute Gasteiger partial charge is 0.505 e. The van der Waals surface area contributed by atoms with Gasteiger partial charge in [0.2, 0.25) is 0 Å². The van der Waals surface area contributed by atoms with E-state index >= 15 is 0 Å². The highest BCUT2D eigenvalue weighted by atomic mass is 35.5. The number of anilines is 1. The Labute approximate surface area is 183 Å². The van der Waals surface area contributed by atoms with Crippen LogP contribution in [0.5, 0.6) is 5.75 Å². The monoisotopic (exact) mass is 486 g/mol. The van der Waals surface area contributed by atoms with E-state index in [0.29, 0.717) is 12.1 Å². The van der Waals surface area contributed by atoms with Gasteiger partial charge in [-0.2, -0.15) is 0 Å². The first-order valence-corrected chi connectivity index (χ1v) is 10.6. The molecule has 0 aromatic heterocycles. The van der Waals surface area contributed by atoms with Crippen molar-refractivity contribution in [3.8, 4) is 16.9 Å². The van der Waals surface area contributed by atoms with Crippen molar-refractivity contribution in [2.45, 2.75) is 11.4 Å². The fraction of sp³-hybridized carbons (Fsp3) is 0.0500. The highest BCUT2D eigenvalue weighted by Gasteiger charge is 2.27. The number of phenols is 1. The molecule has 4 bridgehead atoms. The van der Waals surface area contributed by atoms with Crippen molar-refractivity contribution in [1.29, 1.82) is 0 Å². The number of halogens is 5. The van der Waals surface area contributed by atoms with E-state index in [9.17, 15) is 35.9 Å². The zero-order chi connectivity index (χ0) is 23.4. The van der Waals surface area contributed by atoms with Gasteiger partial charge in [0.1, 0.15) is 16.5 Å². The first kappa shape index (κ1) is 21.9. The van der Waals surface area contributed by atoms with E-state index in [1.54, 1.807) is 0 Å². The van der Waals surface area contributed by atoms with Gasteiger partial charge in [-0.15, -0.1) is 0 Å². The molecule has 0 fully saturated rings. The number of rotatable bonds is 0. The Morgan fingerprint density at radius 2 is 1.56 bits per heavy atom. The molecule has 1 aliphatic heterocycles. The summed E-state index contributed by atoms with van der Waals surface area (Å²) in [6.07, 6.45) is 0. The van der Waals surface area contributed by atoms with Crippen molar-refractivity contribution in [1.82, 2.24) is 5.32 Å². The van der Waals surface area contributed by atoms with Crippen molar-refractivity contribution >= 4 is 33.2 Å². The first-order valence-electron chi connectivity index (χ1n) is 8.79. The number of benzene rings is 3. The van der Waals surface area contributed by atoms with Crippen LogP contribution in [0.4, 0.5) is 23.2 Å². The third-order valence-electron chi connectivity index (χ3n) is 4.76. The summed E-state index contributed by atoms with van der Waals surface area (Å²) in [7, 11) is -4.72. The normalized spacial score (nSPS) is 14.8. The third-order valence-corrected chi connectivity index (χ3v) is 6.42. The average molecular weight is 487 g/mol. The molecule has 1 heterocycles. The smallest absolute Gasteiger partial charge is 0.265 e. The lowest BCUT2D eigenvalue weighted by Crippen LogP contribution is -2.24. The number of hydrogen-bond donors (Lipinski definition) is 3. The third kappa shape index (κ3) is 3.73. The van der Waals surface area contributed by atoms with Gasteiger partial charge < -0.3 is 10.4 Å². The lowest BCUT2D eigenvalue weighted by molar-refractivity contribution is 0.0950. The van der Waals surface area contributed by atoms with Crippen molar-refractivity contribution < 1.29 is 35.9 Å². The standard InChI is InChI=1S/C20H11ClF4N2O4S/c21-12-1-8-3-18(19(12)28)32(30,31)27-17-5-11(13(22)6-16(17)25)10-4-15(24)14(23)2-9(10)7-26-20(8)29/h1-6,27-28H,7H2,(H,26,29). The number of carbonyl (C=O) groups excluding carboxylic acids is 1. The minimum atomic E-state index is -4.72. The Hall–Kier alpha value is -3.31. The van der Waals surface area contributed by atoms with Crippen LogP contribution < -0.4 is 10.0 Å². The molecule has 6 nitrogen and oxygen atoms in total. The minimum absolute atomic E-state index is 0.0686. The summed E-state index contributed by atoms with van der Waals surface area (Å²) in [6.45, 7) is -0.425. The molecule has 3 aromatic rings. The molecule has 166 valence electrons. The number of carbonyl (C=O) groups is 1. The van der Waals surface area contributed by atoms with Crippen LogP contribution in [0.3, 0.4) is 0 Å². The SMILES string of the molecule is O=C1NCc2cc(F)c(F)cc2-c2cc(c(F)cc2F)NS(=O)(=O)c2cc1cc(Cl)c2O. The molecular weight excluding hydrogens is 476 g/mol. The first-order chi connectivity index (χ1) is 15.0. The molecule has 0 spiro atoms. The van der Waals surface area contributed by atoms with E-state index in [-0.39, 0.29) is 16.7 Å². The summed E-state index contributed by atoms with van der Waals surface area (Å²) in [6, 6.07) is 4.27. The predicted molar refractivity (Wildman–Crippen MR) is 107 cm³/mol. The average Bonchev–Trinajstić information content (AvgIpc) is 2.71. The second-order valence-electron chi connectivity index (χ2n) is 6.83. The van der Waals surface area contributed by atoms with Gasteiger partial charge >= 0.3 is 0 Å². The maximum Gasteiger partial charge on any atom is 0.265 e. The molecule has 0 aliphatic carbocycles. The number of phenolic OH excluding ortho intramolecular Hbond substituents is 1. The second kappa shape index (κ2) is 7.68. The highest BCUT2D eigenvalue weighted by Crippen LogP contribution is 2.36. The molecule has 32 heavy (non-hydrogen) atoms. The topological polar surface area (TPSA) is 95.5 Å². The fourth-order valence-electron chi connectivity index (χ4n) is 3.21. The van der Waals surface area contributed by atoms with Gasteiger partial charge in [0.25, 0.3) is 15.9 Å². The van der Waals surface area contributed by atoms with Gasteiger partial charge in [-0.25, -0.2) is 26.0 Å². The second-order valence-corrected chi connectivity index (χ2v) is 8.89. The van der Waals surface area contributed by atoms with Crippen LogP contribution in [0.2, 0.25) is 5.02 Å². The van der Waals surface area contributed by atoms with E-state index in [2.05, 4.69) is 5.32 Å². The summed E-state index contributed by atoms with van der Waals surface area (Å²) < 4.78 is 84.2.